The molecule has 0 amide bonds. The summed E-state index contributed by atoms with van der Waals surface area (Å²) < 4.78 is 26.5. The van der Waals surface area contributed by atoms with E-state index in [2.05, 4.69) is 0 Å². The molecule has 1 unspecified atom stereocenters. The summed E-state index contributed by atoms with van der Waals surface area (Å²) in [4.78, 5) is 12.1. The first-order chi connectivity index (χ1) is 9.41. The van der Waals surface area contributed by atoms with E-state index in [-0.39, 0.29) is 10.5 Å². The van der Waals surface area contributed by atoms with Crippen molar-refractivity contribution in [1.82, 2.24) is 4.31 Å². The van der Waals surface area contributed by atoms with Gasteiger partial charge in [0.05, 0.1) is 37.5 Å². The van der Waals surface area contributed by atoms with Crippen LogP contribution in [0.1, 0.15) is 16.8 Å². The Morgan fingerprint density at radius 2 is 2.05 bits per heavy atom. The van der Waals surface area contributed by atoms with Crippen molar-refractivity contribution in [3.63, 3.8) is 0 Å². The molecule has 1 fully saturated rings. The molecule has 1 aromatic rings. The second kappa shape index (κ2) is 5.90. The van der Waals surface area contributed by atoms with Crippen molar-refractivity contribution in [2.45, 2.75) is 11.3 Å². The molecule has 6 nitrogen and oxygen atoms in total. The first-order valence-corrected chi connectivity index (χ1v) is 7.98. The van der Waals surface area contributed by atoms with Gasteiger partial charge >= 0.3 is 0 Å². The molecule has 1 aliphatic heterocycles. The predicted molar refractivity (Wildman–Crippen MR) is 70.8 cm³/mol. The second-order valence-corrected chi connectivity index (χ2v) is 6.97. The fourth-order valence-electron chi connectivity index (χ4n) is 2.28. The Balaban J connectivity index is 2.29. The lowest BCUT2D eigenvalue weighted by atomic mass is 10.2. The summed E-state index contributed by atoms with van der Waals surface area (Å²) >= 11 is 0. The number of carboxylic acid groups (broad SMARTS) is 1. The van der Waals surface area contributed by atoms with E-state index in [9.17, 15) is 18.3 Å². The van der Waals surface area contributed by atoms with Gasteiger partial charge in [0.15, 0.2) is 0 Å². The van der Waals surface area contributed by atoms with E-state index < -0.39 is 16.0 Å². The number of rotatable bonds is 3. The smallest absolute Gasteiger partial charge is 0.243 e. The molecule has 1 atom stereocenters. The number of nitrogens with zero attached hydrogens (tertiary/aromatic N) is 1. The molecule has 0 aliphatic carbocycles. The maximum atomic E-state index is 12.5. The molecular formula is C13H18N2O4S. The third kappa shape index (κ3) is 3.17. The Bertz CT molecular complexity index is 600. The highest BCUT2D eigenvalue weighted by Gasteiger charge is 2.27. The van der Waals surface area contributed by atoms with Crippen LogP contribution in [0.15, 0.2) is 29.2 Å². The van der Waals surface area contributed by atoms with Crippen LogP contribution in [0.3, 0.4) is 0 Å². The summed E-state index contributed by atoms with van der Waals surface area (Å²) in [5.74, 6) is -1.37. The second-order valence-electron chi connectivity index (χ2n) is 5.03. The van der Waals surface area contributed by atoms with Gasteiger partial charge in [-0.15, -0.1) is 0 Å². The molecule has 0 radical (unpaired) electrons. The molecule has 0 bridgehead atoms. The zero-order chi connectivity index (χ0) is 14.8. The fraction of sp³-hybridized carbons (Fsp3) is 0.462. The Hall–Kier alpha value is -1.44. The average molecular weight is 298 g/mol. The fourth-order valence-corrected chi connectivity index (χ4v) is 3.81. The van der Waals surface area contributed by atoms with Crippen molar-refractivity contribution in [3.05, 3.63) is 29.8 Å². The van der Waals surface area contributed by atoms with Crippen LogP contribution in [0.4, 0.5) is 0 Å². The van der Waals surface area contributed by atoms with Gasteiger partial charge in [-0.2, -0.15) is 4.31 Å². The number of carbonyl (C=O) groups is 1. The van der Waals surface area contributed by atoms with Crippen LogP contribution in [0.25, 0.3) is 0 Å². The van der Waals surface area contributed by atoms with Gasteiger partial charge in [0.25, 0.3) is 0 Å². The van der Waals surface area contributed by atoms with Crippen molar-refractivity contribution in [2.24, 2.45) is 0 Å². The molecule has 0 spiro atoms. The Morgan fingerprint density at radius 1 is 1.30 bits per heavy atom. The number of sulfonamides is 1. The highest BCUT2D eigenvalue weighted by Crippen LogP contribution is 2.17. The Morgan fingerprint density at radius 3 is 2.75 bits per heavy atom. The lowest BCUT2D eigenvalue weighted by Crippen LogP contribution is -3.09. The van der Waals surface area contributed by atoms with Crippen molar-refractivity contribution in [3.8, 4) is 0 Å². The Labute approximate surface area is 118 Å². The summed E-state index contributed by atoms with van der Waals surface area (Å²) in [7, 11) is -1.60. The van der Waals surface area contributed by atoms with Crippen LogP contribution < -0.4 is 10.0 Å². The zero-order valence-corrected chi connectivity index (χ0v) is 12.1. The number of carbonyl (C=O) groups excluding carboxylic acids is 1. The molecule has 0 saturated carbocycles. The minimum absolute atomic E-state index is 0.0127. The van der Waals surface area contributed by atoms with E-state index >= 15 is 0 Å². The number of quaternary nitrogens is 1. The number of hydrogen-bond donors (Lipinski definition) is 1. The molecule has 1 aliphatic rings. The molecule has 110 valence electrons. The molecule has 1 heterocycles. The quantitative estimate of drug-likeness (QED) is 0.697. The van der Waals surface area contributed by atoms with Gasteiger partial charge < -0.3 is 14.8 Å². The largest absolute Gasteiger partial charge is 0.545 e. The summed E-state index contributed by atoms with van der Waals surface area (Å²) in [6.07, 6.45) is 0.797. The SMILES string of the molecule is C[NH+]1CCCN(S(=O)(=O)c2cccc(C(=O)[O-])c2)CC1. The van der Waals surface area contributed by atoms with Gasteiger partial charge in [0.2, 0.25) is 10.0 Å². The third-order valence-corrected chi connectivity index (χ3v) is 5.40. The summed E-state index contributed by atoms with van der Waals surface area (Å²) in [5, 5.41) is 10.8. The third-order valence-electron chi connectivity index (χ3n) is 3.51. The highest BCUT2D eigenvalue weighted by molar-refractivity contribution is 7.89. The van der Waals surface area contributed by atoms with Crippen LogP contribution in [0.5, 0.6) is 0 Å². The van der Waals surface area contributed by atoms with E-state index in [0.29, 0.717) is 13.1 Å². The minimum Gasteiger partial charge on any atom is -0.545 e. The van der Waals surface area contributed by atoms with Gasteiger partial charge in [-0.05, 0) is 17.7 Å². The van der Waals surface area contributed by atoms with Crippen LogP contribution in [0.2, 0.25) is 0 Å². The topological polar surface area (TPSA) is 82.0 Å². The van der Waals surface area contributed by atoms with Crippen LogP contribution >= 0.6 is 0 Å². The van der Waals surface area contributed by atoms with Crippen molar-refractivity contribution >= 4 is 16.0 Å². The van der Waals surface area contributed by atoms with Crippen molar-refractivity contribution < 1.29 is 23.2 Å². The molecule has 7 heteroatoms. The predicted octanol–water partition coefficient (Wildman–Crippen LogP) is -2.04. The number of nitrogens with one attached hydrogen (secondary N) is 1. The van der Waals surface area contributed by atoms with Crippen LogP contribution in [0, 0.1) is 0 Å². The first-order valence-electron chi connectivity index (χ1n) is 6.54. The molecule has 1 aromatic carbocycles. The van der Waals surface area contributed by atoms with Crippen molar-refractivity contribution in [1.29, 1.82) is 0 Å². The van der Waals surface area contributed by atoms with Gasteiger partial charge in [0, 0.05) is 13.0 Å². The lowest BCUT2D eigenvalue weighted by Gasteiger charge is -2.19. The van der Waals surface area contributed by atoms with E-state index in [1.54, 1.807) is 0 Å². The molecule has 1 N–H and O–H groups in total. The zero-order valence-electron chi connectivity index (χ0n) is 11.3. The number of benzene rings is 1. The van der Waals surface area contributed by atoms with E-state index in [0.717, 1.165) is 25.6 Å². The van der Waals surface area contributed by atoms with E-state index in [4.69, 9.17) is 0 Å². The molecular weight excluding hydrogens is 280 g/mol. The first kappa shape index (κ1) is 15.0. The normalized spacial score (nSPS) is 21.4. The number of hydrogen-bond acceptors (Lipinski definition) is 4. The summed E-state index contributed by atoms with van der Waals surface area (Å²) in [5.41, 5.74) is -0.122. The minimum atomic E-state index is -3.64. The summed E-state index contributed by atoms with van der Waals surface area (Å²) in [6, 6.07) is 5.33. The maximum absolute atomic E-state index is 12.5. The monoisotopic (exact) mass is 298 g/mol. The van der Waals surface area contributed by atoms with Gasteiger partial charge in [-0.1, -0.05) is 12.1 Å². The Kier molecular flexibility index (Phi) is 4.42. The standard InChI is InChI=1S/C13H18N2O4S/c1-14-6-3-7-15(9-8-14)20(18,19)12-5-2-4-11(10-12)13(16)17/h2,4-5,10H,3,6-9H2,1H3,(H,16,17). The maximum Gasteiger partial charge on any atom is 0.243 e. The summed E-state index contributed by atoms with van der Waals surface area (Å²) in [6.45, 7) is 2.60. The van der Waals surface area contributed by atoms with Crippen LogP contribution in [-0.2, 0) is 10.0 Å². The highest BCUT2D eigenvalue weighted by atomic mass is 32.2. The number of aromatic carboxylic acids is 1. The van der Waals surface area contributed by atoms with E-state index in [1.165, 1.54) is 27.4 Å². The average Bonchev–Trinajstić information content (AvgIpc) is 2.64. The number of likely N-dealkylation sites (N-methyl/N-ethyl adjacent to an activating group) is 1. The molecule has 20 heavy (non-hydrogen) atoms. The molecule has 2 rings (SSSR count). The lowest BCUT2D eigenvalue weighted by molar-refractivity contribution is -0.877. The van der Waals surface area contributed by atoms with E-state index in [1.807, 2.05) is 7.05 Å². The number of carboxylic acids is 1. The molecule has 1 saturated heterocycles. The van der Waals surface area contributed by atoms with Gasteiger partial charge in [-0.25, -0.2) is 8.42 Å². The van der Waals surface area contributed by atoms with Gasteiger partial charge in [-0.3, -0.25) is 0 Å². The van der Waals surface area contributed by atoms with Crippen molar-refractivity contribution in [2.75, 3.05) is 33.2 Å². The molecule has 0 aromatic heterocycles. The van der Waals surface area contributed by atoms with Gasteiger partial charge in [0.1, 0.15) is 0 Å². The van der Waals surface area contributed by atoms with Crippen LogP contribution in [-0.4, -0.2) is 51.9 Å².